The Morgan fingerprint density at radius 3 is 2.84 bits per heavy atom. The molecule has 1 aromatic carbocycles. The molecule has 1 amide bonds. The Balaban J connectivity index is 2.44. The lowest BCUT2D eigenvalue weighted by Crippen LogP contribution is -2.30. The molecule has 0 radical (unpaired) electrons. The Labute approximate surface area is 113 Å². The first-order chi connectivity index (χ1) is 9.04. The van der Waals surface area contributed by atoms with E-state index in [4.69, 9.17) is 10.5 Å². The van der Waals surface area contributed by atoms with E-state index in [1.165, 1.54) is 12.1 Å². The van der Waals surface area contributed by atoms with Crippen LogP contribution in [0.3, 0.4) is 0 Å². The van der Waals surface area contributed by atoms with E-state index in [1.807, 2.05) is 0 Å². The fraction of sp³-hybridized carbons (Fsp3) is 0.500. The first kappa shape index (κ1) is 15.4. The summed E-state index contributed by atoms with van der Waals surface area (Å²) < 4.78 is 18.7. The second kappa shape index (κ2) is 7.74. The first-order valence-corrected chi connectivity index (χ1v) is 6.41. The van der Waals surface area contributed by atoms with E-state index in [2.05, 4.69) is 19.2 Å². The van der Waals surface area contributed by atoms with Crippen molar-refractivity contribution in [1.82, 2.24) is 5.32 Å². The fourth-order valence-corrected chi connectivity index (χ4v) is 1.57. The van der Waals surface area contributed by atoms with Gasteiger partial charge in [-0.1, -0.05) is 19.9 Å². The molecule has 1 aromatic rings. The number of hydrogen-bond donors (Lipinski definition) is 2. The van der Waals surface area contributed by atoms with Gasteiger partial charge >= 0.3 is 0 Å². The SMILES string of the molecule is CC(C)CCNC(=O)COc1cccc(F)c1CN. The molecular weight excluding hydrogens is 247 g/mol. The number of nitrogens with one attached hydrogen (secondary N) is 1. The maximum atomic E-state index is 13.4. The van der Waals surface area contributed by atoms with E-state index >= 15 is 0 Å². The maximum Gasteiger partial charge on any atom is 0.257 e. The molecule has 106 valence electrons. The largest absolute Gasteiger partial charge is 0.483 e. The third kappa shape index (κ3) is 5.26. The number of carbonyl (C=O) groups excluding carboxylic acids is 1. The lowest BCUT2D eigenvalue weighted by atomic mass is 10.1. The van der Waals surface area contributed by atoms with Crippen LogP contribution in [0.25, 0.3) is 0 Å². The smallest absolute Gasteiger partial charge is 0.257 e. The van der Waals surface area contributed by atoms with Crippen LogP contribution in [-0.4, -0.2) is 19.1 Å². The highest BCUT2D eigenvalue weighted by atomic mass is 19.1. The second-order valence-corrected chi connectivity index (χ2v) is 4.74. The van der Waals surface area contributed by atoms with Crippen LogP contribution in [0.1, 0.15) is 25.8 Å². The molecule has 0 saturated heterocycles. The summed E-state index contributed by atoms with van der Waals surface area (Å²) in [5.74, 6) is 0.225. The predicted molar refractivity (Wildman–Crippen MR) is 72.3 cm³/mol. The van der Waals surface area contributed by atoms with Crippen molar-refractivity contribution in [3.63, 3.8) is 0 Å². The third-order valence-electron chi connectivity index (χ3n) is 2.68. The third-order valence-corrected chi connectivity index (χ3v) is 2.68. The van der Waals surface area contributed by atoms with Crippen LogP contribution in [0, 0.1) is 11.7 Å². The zero-order valence-electron chi connectivity index (χ0n) is 11.4. The lowest BCUT2D eigenvalue weighted by Gasteiger charge is -2.11. The second-order valence-electron chi connectivity index (χ2n) is 4.74. The molecule has 0 aliphatic heterocycles. The van der Waals surface area contributed by atoms with E-state index in [0.717, 1.165) is 6.42 Å². The van der Waals surface area contributed by atoms with E-state index in [-0.39, 0.29) is 24.6 Å². The maximum absolute atomic E-state index is 13.4. The number of amides is 1. The van der Waals surface area contributed by atoms with Gasteiger partial charge in [-0.2, -0.15) is 0 Å². The average Bonchev–Trinajstić information content (AvgIpc) is 2.36. The molecule has 0 heterocycles. The molecule has 0 atom stereocenters. The molecule has 0 bridgehead atoms. The zero-order chi connectivity index (χ0) is 14.3. The molecular formula is C14H21FN2O2. The van der Waals surface area contributed by atoms with Crippen molar-refractivity contribution in [3.05, 3.63) is 29.6 Å². The van der Waals surface area contributed by atoms with Crippen molar-refractivity contribution in [3.8, 4) is 5.75 Å². The molecule has 0 aliphatic carbocycles. The van der Waals surface area contributed by atoms with Gasteiger partial charge in [0.25, 0.3) is 5.91 Å². The monoisotopic (exact) mass is 268 g/mol. The highest BCUT2D eigenvalue weighted by molar-refractivity contribution is 5.77. The Bertz CT molecular complexity index is 422. The topological polar surface area (TPSA) is 64.3 Å². The van der Waals surface area contributed by atoms with E-state index < -0.39 is 5.82 Å². The predicted octanol–water partition coefficient (Wildman–Crippen LogP) is 1.83. The van der Waals surface area contributed by atoms with Gasteiger partial charge in [0.2, 0.25) is 0 Å². The molecule has 5 heteroatoms. The van der Waals surface area contributed by atoms with E-state index in [0.29, 0.717) is 18.2 Å². The van der Waals surface area contributed by atoms with Gasteiger partial charge in [0.05, 0.1) is 0 Å². The molecule has 0 saturated carbocycles. The Kier molecular flexibility index (Phi) is 6.29. The van der Waals surface area contributed by atoms with Crippen molar-refractivity contribution in [2.75, 3.05) is 13.2 Å². The average molecular weight is 268 g/mol. The first-order valence-electron chi connectivity index (χ1n) is 6.41. The van der Waals surface area contributed by atoms with Gasteiger partial charge in [-0.05, 0) is 24.5 Å². The van der Waals surface area contributed by atoms with Crippen LogP contribution < -0.4 is 15.8 Å². The van der Waals surface area contributed by atoms with Crippen molar-refractivity contribution in [2.24, 2.45) is 11.7 Å². The number of rotatable bonds is 7. The molecule has 3 N–H and O–H groups in total. The summed E-state index contributed by atoms with van der Waals surface area (Å²) in [7, 11) is 0. The minimum absolute atomic E-state index is 0.0387. The number of nitrogens with two attached hydrogens (primary N) is 1. The summed E-state index contributed by atoms with van der Waals surface area (Å²) in [5, 5.41) is 2.75. The van der Waals surface area contributed by atoms with Gasteiger partial charge in [-0.25, -0.2) is 4.39 Å². The molecule has 0 fully saturated rings. The molecule has 0 spiro atoms. The van der Waals surface area contributed by atoms with Crippen LogP contribution in [-0.2, 0) is 11.3 Å². The van der Waals surface area contributed by atoms with Crippen LogP contribution >= 0.6 is 0 Å². The highest BCUT2D eigenvalue weighted by Crippen LogP contribution is 2.20. The molecule has 19 heavy (non-hydrogen) atoms. The van der Waals surface area contributed by atoms with Gasteiger partial charge in [-0.3, -0.25) is 4.79 Å². The number of ether oxygens (including phenoxy) is 1. The molecule has 0 aromatic heterocycles. The van der Waals surface area contributed by atoms with Gasteiger partial charge in [0.15, 0.2) is 6.61 Å². The van der Waals surface area contributed by atoms with Crippen LogP contribution in [0.2, 0.25) is 0 Å². The summed E-state index contributed by atoms with van der Waals surface area (Å²) in [6, 6.07) is 4.45. The summed E-state index contributed by atoms with van der Waals surface area (Å²) in [6.07, 6.45) is 0.916. The van der Waals surface area contributed by atoms with E-state index in [1.54, 1.807) is 6.07 Å². The Morgan fingerprint density at radius 1 is 1.47 bits per heavy atom. The fourth-order valence-electron chi connectivity index (χ4n) is 1.57. The van der Waals surface area contributed by atoms with E-state index in [9.17, 15) is 9.18 Å². The quantitative estimate of drug-likeness (QED) is 0.793. The zero-order valence-corrected chi connectivity index (χ0v) is 11.4. The number of halogens is 1. The van der Waals surface area contributed by atoms with Crippen molar-refractivity contribution < 1.29 is 13.9 Å². The van der Waals surface area contributed by atoms with Crippen molar-refractivity contribution in [2.45, 2.75) is 26.8 Å². The van der Waals surface area contributed by atoms with Crippen LogP contribution in [0.15, 0.2) is 18.2 Å². The van der Waals surface area contributed by atoms with Crippen molar-refractivity contribution in [1.29, 1.82) is 0 Å². The Hall–Kier alpha value is -1.62. The highest BCUT2D eigenvalue weighted by Gasteiger charge is 2.09. The molecule has 0 unspecified atom stereocenters. The van der Waals surface area contributed by atoms with Crippen LogP contribution in [0.5, 0.6) is 5.75 Å². The standard InChI is InChI=1S/C14H21FN2O2/c1-10(2)6-7-17-14(18)9-19-13-5-3-4-12(15)11(13)8-16/h3-5,10H,6-9,16H2,1-2H3,(H,17,18). The van der Waals surface area contributed by atoms with Gasteiger partial charge in [-0.15, -0.1) is 0 Å². The summed E-state index contributed by atoms with van der Waals surface area (Å²) in [6.45, 7) is 4.70. The minimum Gasteiger partial charge on any atom is -0.483 e. The molecule has 1 rings (SSSR count). The molecule has 4 nitrogen and oxygen atoms in total. The lowest BCUT2D eigenvalue weighted by molar-refractivity contribution is -0.123. The number of carbonyl (C=O) groups is 1. The summed E-state index contributed by atoms with van der Waals surface area (Å²) >= 11 is 0. The van der Waals surface area contributed by atoms with Gasteiger partial charge in [0, 0.05) is 18.7 Å². The van der Waals surface area contributed by atoms with Crippen LogP contribution in [0.4, 0.5) is 4.39 Å². The number of hydrogen-bond acceptors (Lipinski definition) is 3. The molecule has 0 aliphatic rings. The minimum atomic E-state index is -0.416. The normalized spacial score (nSPS) is 10.6. The van der Waals surface area contributed by atoms with Gasteiger partial charge < -0.3 is 15.8 Å². The summed E-state index contributed by atoms with van der Waals surface area (Å²) in [5.41, 5.74) is 5.74. The number of benzene rings is 1. The Morgan fingerprint density at radius 2 is 2.21 bits per heavy atom. The van der Waals surface area contributed by atoms with Crippen molar-refractivity contribution >= 4 is 5.91 Å². The summed E-state index contributed by atoms with van der Waals surface area (Å²) in [4.78, 5) is 11.5. The van der Waals surface area contributed by atoms with Gasteiger partial charge in [0.1, 0.15) is 11.6 Å².